The number of carbonyl (C=O) groups is 2. The number of nitrogens with one attached hydrogen (secondary N) is 2. The number of furan rings is 1. The van der Waals surface area contributed by atoms with Gasteiger partial charge < -0.3 is 4.42 Å². The molecule has 7 heteroatoms. The van der Waals surface area contributed by atoms with Crippen molar-refractivity contribution in [1.82, 2.24) is 20.7 Å². The van der Waals surface area contributed by atoms with Crippen molar-refractivity contribution in [3.63, 3.8) is 0 Å². The van der Waals surface area contributed by atoms with Crippen LogP contribution in [0.3, 0.4) is 0 Å². The molecule has 2 amide bonds. The number of hydrazine groups is 1. The first kappa shape index (κ1) is 19.1. The lowest BCUT2D eigenvalue weighted by molar-refractivity contribution is -0.123. The third-order valence-corrected chi connectivity index (χ3v) is 4.68. The maximum atomic E-state index is 12.1. The van der Waals surface area contributed by atoms with Crippen LogP contribution in [0.1, 0.15) is 27.4 Å². The first-order valence-corrected chi connectivity index (χ1v) is 9.16. The third-order valence-electron chi connectivity index (χ3n) is 4.68. The summed E-state index contributed by atoms with van der Waals surface area (Å²) in [5, 5.41) is 0. The van der Waals surface area contributed by atoms with E-state index >= 15 is 0 Å². The van der Waals surface area contributed by atoms with Gasteiger partial charge in [0.1, 0.15) is 11.5 Å². The Balaban J connectivity index is 1.38. The maximum Gasteiger partial charge on any atom is 0.273 e. The number of hydrogen-bond donors (Lipinski definition) is 2. The summed E-state index contributed by atoms with van der Waals surface area (Å²) in [6.07, 6.45) is 0. The van der Waals surface area contributed by atoms with Gasteiger partial charge in [-0.15, -0.1) is 0 Å². The van der Waals surface area contributed by atoms with Gasteiger partial charge in [-0.1, -0.05) is 30.3 Å². The molecule has 144 valence electrons. The lowest BCUT2D eigenvalue weighted by Gasteiger charge is -2.34. The first-order valence-electron chi connectivity index (χ1n) is 9.16. The summed E-state index contributed by atoms with van der Waals surface area (Å²) >= 11 is 0. The number of hydrogen-bond acceptors (Lipinski definition) is 5. The minimum Gasteiger partial charge on any atom is -0.466 e. The molecule has 2 heterocycles. The highest BCUT2D eigenvalue weighted by atomic mass is 16.3. The van der Waals surface area contributed by atoms with Gasteiger partial charge in [0.15, 0.2) is 0 Å². The molecule has 27 heavy (non-hydrogen) atoms. The molecule has 7 nitrogen and oxygen atoms in total. The second-order valence-electron chi connectivity index (χ2n) is 6.87. The second-order valence-corrected chi connectivity index (χ2v) is 6.87. The van der Waals surface area contributed by atoms with Crippen molar-refractivity contribution in [2.24, 2.45) is 0 Å². The van der Waals surface area contributed by atoms with Crippen molar-refractivity contribution in [2.75, 3.05) is 32.7 Å². The Hall–Kier alpha value is -2.64. The monoisotopic (exact) mass is 370 g/mol. The smallest absolute Gasteiger partial charge is 0.273 e. The molecule has 0 unspecified atom stereocenters. The van der Waals surface area contributed by atoms with Gasteiger partial charge in [0.2, 0.25) is 0 Å². The highest BCUT2D eigenvalue weighted by Crippen LogP contribution is 2.13. The van der Waals surface area contributed by atoms with Crippen molar-refractivity contribution in [1.29, 1.82) is 0 Å². The summed E-state index contributed by atoms with van der Waals surface area (Å²) < 4.78 is 5.33. The summed E-state index contributed by atoms with van der Waals surface area (Å²) in [6, 6.07) is 12.0. The van der Waals surface area contributed by atoms with E-state index in [-0.39, 0.29) is 18.4 Å². The van der Waals surface area contributed by atoms with E-state index in [1.165, 1.54) is 5.56 Å². The van der Waals surface area contributed by atoms with Crippen LogP contribution in [0.5, 0.6) is 0 Å². The standard InChI is InChI=1S/C20H26N4O3/c1-15-12-18(16(2)27-15)20(26)22-21-19(25)14-24-10-8-23(9-11-24)13-17-6-4-3-5-7-17/h3-7,12H,8-11,13-14H2,1-2H3,(H,21,25)(H,22,26). The van der Waals surface area contributed by atoms with Crippen molar-refractivity contribution < 1.29 is 14.0 Å². The molecule has 2 N–H and O–H groups in total. The molecule has 1 saturated heterocycles. The molecule has 0 aliphatic carbocycles. The fraction of sp³-hybridized carbons (Fsp3) is 0.400. The first-order chi connectivity index (χ1) is 13.0. The largest absolute Gasteiger partial charge is 0.466 e. The third kappa shape index (κ3) is 5.42. The van der Waals surface area contributed by atoms with Crippen LogP contribution in [0, 0.1) is 13.8 Å². The van der Waals surface area contributed by atoms with Gasteiger partial charge >= 0.3 is 0 Å². The van der Waals surface area contributed by atoms with Crippen LogP contribution in [0.25, 0.3) is 0 Å². The molecule has 0 saturated carbocycles. The predicted octanol–water partition coefficient (Wildman–Crippen LogP) is 1.48. The maximum absolute atomic E-state index is 12.1. The highest BCUT2D eigenvalue weighted by molar-refractivity contribution is 5.96. The van der Waals surface area contributed by atoms with Gasteiger partial charge in [-0.25, -0.2) is 0 Å². The van der Waals surface area contributed by atoms with Crippen LogP contribution in [0.4, 0.5) is 0 Å². The minimum absolute atomic E-state index is 0.224. The molecule has 1 aliphatic rings. The van der Waals surface area contributed by atoms with Crippen LogP contribution in [0.2, 0.25) is 0 Å². The lowest BCUT2D eigenvalue weighted by Crippen LogP contribution is -2.51. The molecule has 0 atom stereocenters. The van der Waals surface area contributed by atoms with Crippen LogP contribution >= 0.6 is 0 Å². The number of nitrogens with zero attached hydrogens (tertiary/aromatic N) is 2. The Morgan fingerprint density at radius 2 is 1.67 bits per heavy atom. The van der Waals surface area contributed by atoms with E-state index in [0.717, 1.165) is 32.7 Å². The Labute approximate surface area is 159 Å². The van der Waals surface area contributed by atoms with E-state index in [1.54, 1.807) is 19.9 Å². The molecular formula is C20H26N4O3. The Kier molecular flexibility index (Phi) is 6.26. The van der Waals surface area contributed by atoms with Crippen LogP contribution in [-0.2, 0) is 11.3 Å². The van der Waals surface area contributed by atoms with Gasteiger partial charge in [0.05, 0.1) is 12.1 Å². The quantitative estimate of drug-likeness (QED) is 0.780. The van der Waals surface area contributed by atoms with Crippen LogP contribution < -0.4 is 10.9 Å². The molecule has 2 aromatic rings. The zero-order valence-electron chi connectivity index (χ0n) is 15.8. The zero-order valence-corrected chi connectivity index (χ0v) is 15.8. The van der Waals surface area contributed by atoms with Crippen LogP contribution in [-0.4, -0.2) is 54.3 Å². The van der Waals surface area contributed by atoms with Crippen molar-refractivity contribution in [3.8, 4) is 0 Å². The molecule has 0 bridgehead atoms. The molecule has 1 aliphatic heterocycles. The van der Waals surface area contributed by atoms with Crippen molar-refractivity contribution in [3.05, 3.63) is 59.0 Å². The summed E-state index contributed by atoms with van der Waals surface area (Å²) in [4.78, 5) is 28.7. The fourth-order valence-electron chi connectivity index (χ4n) is 3.24. The number of amides is 2. The highest BCUT2D eigenvalue weighted by Gasteiger charge is 2.20. The van der Waals surface area contributed by atoms with Gasteiger partial charge in [-0.05, 0) is 25.5 Å². The van der Waals surface area contributed by atoms with E-state index < -0.39 is 0 Å². The Bertz CT molecular complexity index is 780. The topological polar surface area (TPSA) is 77.8 Å². The molecule has 1 fully saturated rings. The number of rotatable bonds is 5. The van der Waals surface area contributed by atoms with E-state index in [4.69, 9.17) is 4.42 Å². The summed E-state index contributed by atoms with van der Waals surface area (Å²) in [5.74, 6) is 0.606. The SMILES string of the molecule is Cc1cc(C(=O)NNC(=O)CN2CCN(Cc3ccccc3)CC2)c(C)o1. The van der Waals surface area contributed by atoms with Gasteiger partial charge in [-0.2, -0.15) is 0 Å². The average Bonchev–Trinajstić information content (AvgIpc) is 3.00. The zero-order chi connectivity index (χ0) is 19.2. The molecule has 1 aromatic carbocycles. The molecular weight excluding hydrogens is 344 g/mol. The van der Waals surface area contributed by atoms with E-state index in [9.17, 15) is 9.59 Å². The van der Waals surface area contributed by atoms with Gasteiger partial charge in [0, 0.05) is 32.7 Å². The Morgan fingerprint density at radius 3 is 2.30 bits per heavy atom. The van der Waals surface area contributed by atoms with Crippen molar-refractivity contribution in [2.45, 2.75) is 20.4 Å². The molecule has 3 rings (SSSR count). The normalized spacial score (nSPS) is 15.5. The van der Waals surface area contributed by atoms with E-state index in [0.29, 0.717) is 17.1 Å². The summed E-state index contributed by atoms with van der Waals surface area (Å²) in [7, 11) is 0. The number of benzene rings is 1. The fourth-order valence-corrected chi connectivity index (χ4v) is 3.24. The summed E-state index contributed by atoms with van der Waals surface area (Å²) in [5.41, 5.74) is 6.66. The number of piperazine rings is 1. The van der Waals surface area contributed by atoms with Crippen molar-refractivity contribution >= 4 is 11.8 Å². The molecule has 1 aromatic heterocycles. The Morgan fingerprint density at radius 1 is 1.00 bits per heavy atom. The predicted molar refractivity (Wildman–Crippen MR) is 102 cm³/mol. The van der Waals surface area contributed by atoms with Gasteiger partial charge in [0.25, 0.3) is 11.8 Å². The number of aryl methyl sites for hydroxylation is 2. The number of carbonyl (C=O) groups excluding carboxylic acids is 2. The van der Waals surface area contributed by atoms with E-state index in [2.05, 4.69) is 44.9 Å². The van der Waals surface area contributed by atoms with Gasteiger partial charge in [-0.3, -0.25) is 30.2 Å². The molecule has 0 radical (unpaired) electrons. The average molecular weight is 370 g/mol. The second kappa shape index (κ2) is 8.83. The minimum atomic E-state index is -0.370. The van der Waals surface area contributed by atoms with E-state index in [1.807, 2.05) is 6.07 Å². The summed E-state index contributed by atoms with van der Waals surface area (Å²) in [6.45, 7) is 8.19. The molecule has 0 spiro atoms. The van der Waals surface area contributed by atoms with Crippen LogP contribution in [0.15, 0.2) is 40.8 Å². The lowest BCUT2D eigenvalue weighted by atomic mass is 10.2.